The molecule has 0 bridgehead atoms. The summed E-state index contributed by atoms with van der Waals surface area (Å²) in [6.45, 7) is -1.41. The Kier molecular flexibility index (Phi) is 6.77. The average Bonchev–Trinajstić information content (AvgIpc) is 3.33. The van der Waals surface area contributed by atoms with Crippen molar-refractivity contribution in [1.29, 1.82) is 5.26 Å². The van der Waals surface area contributed by atoms with Gasteiger partial charge in [0.05, 0.1) is 28.4 Å². The van der Waals surface area contributed by atoms with Gasteiger partial charge in [-0.1, -0.05) is 12.1 Å². The number of halogens is 3. The molecule has 0 aliphatic carbocycles. The molecular formula is C26H23F3N6O3. The maximum absolute atomic E-state index is 13.2. The van der Waals surface area contributed by atoms with Crippen molar-refractivity contribution in [1.82, 2.24) is 19.7 Å². The van der Waals surface area contributed by atoms with E-state index in [4.69, 9.17) is 4.74 Å². The highest BCUT2D eigenvalue weighted by molar-refractivity contribution is 5.96. The zero-order valence-electron chi connectivity index (χ0n) is 20.1. The lowest BCUT2D eigenvalue weighted by Crippen LogP contribution is -2.37. The van der Waals surface area contributed by atoms with Gasteiger partial charge in [0.25, 0.3) is 5.56 Å². The van der Waals surface area contributed by atoms with Crippen LogP contribution in [-0.2, 0) is 16.1 Å². The maximum Gasteiger partial charge on any atom is 0.405 e. The summed E-state index contributed by atoms with van der Waals surface area (Å²) in [5.74, 6) is -0.933. The lowest BCUT2D eigenvalue weighted by atomic mass is 10.1. The molecule has 1 atom stereocenters. The van der Waals surface area contributed by atoms with Gasteiger partial charge < -0.3 is 19.9 Å². The number of hydrogen-bond acceptors (Lipinski definition) is 6. The van der Waals surface area contributed by atoms with Crippen LogP contribution in [0.2, 0.25) is 0 Å². The fourth-order valence-electron chi connectivity index (χ4n) is 4.61. The highest BCUT2D eigenvalue weighted by Crippen LogP contribution is 2.32. The van der Waals surface area contributed by atoms with Crippen LogP contribution in [0.15, 0.2) is 53.6 Å². The van der Waals surface area contributed by atoms with E-state index in [2.05, 4.69) is 16.5 Å². The van der Waals surface area contributed by atoms with E-state index >= 15 is 0 Å². The van der Waals surface area contributed by atoms with Crippen LogP contribution in [0.1, 0.15) is 31.1 Å². The number of nitrogens with one attached hydrogen (secondary N) is 2. The number of fused-ring (bicyclic) bond motifs is 2. The van der Waals surface area contributed by atoms with Crippen LogP contribution in [0.5, 0.6) is 0 Å². The number of ether oxygens (including phenoxy) is 1. The Balaban J connectivity index is 1.47. The minimum Gasteiger partial charge on any atom is -0.356 e. The van der Waals surface area contributed by atoms with Crippen molar-refractivity contribution in [2.75, 3.05) is 18.5 Å². The van der Waals surface area contributed by atoms with Crippen molar-refractivity contribution in [3.63, 3.8) is 0 Å². The number of carbonyl (C=O) groups excluding carboxylic acids is 1. The Labute approximate surface area is 214 Å². The summed E-state index contributed by atoms with van der Waals surface area (Å²) in [5, 5.41) is 20.8. The fourth-order valence-corrected chi connectivity index (χ4v) is 4.61. The molecule has 1 amide bonds. The Hall–Kier alpha value is -4.37. The first-order valence-corrected chi connectivity index (χ1v) is 12.0. The summed E-state index contributed by atoms with van der Waals surface area (Å²) < 4.78 is 45.9. The molecule has 1 aliphatic heterocycles. The summed E-state index contributed by atoms with van der Waals surface area (Å²) in [7, 11) is 0. The summed E-state index contributed by atoms with van der Waals surface area (Å²) in [5.41, 5.74) is 1.47. The zero-order chi connectivity index (χ0) is 26.9. The predicted octanol–water partition coefficient (Wildman–Crippen LogP) is 4.34. The van der Waals surface area contributed by atoms with Gasteiger partial charge in [0.15, 0.2) is 6.23 Å². The average molecular weight is 525 g/mol. The molecule has 2 aromatic heterocycles. The zero-order valence-corrected chi connectivity index (χ0v) is 20.1. The van der Waals surface area contributed by atoms with E-state index in [1.54, 1.807) is 46.5 Å². The largest absolute Gasteiger partial charge is 0.405 e. The van der Waals surface area contributed by atoms with Crippen molar-refractivity contribution < 1.29 is 22.7 Å². The number of rotatable bonds is 6. The topological polar surface area (TPSA) is 114 Å². The summed E-state index contributed by atoms with van der Waals surface area (Å²) >= 11 is 0. The molecule has 12 heteroatoms. The smallest absolute Gasteiger partial charge is 0.356 e. The molecule has 5 rings (SSSR count). The van der Waals surface area contributed by atoms with Crippen molar-refractivity contribution in [2.24, 2.45) is 0 Å². The lowest BCUT2D eigenvalue weighted by molar-refractivity contribution is -0.138. The summed E-state index contributed by atoms with van der Waals surface area (Å²) in [4.78, 5) is 25.2. The Morgan fingerprint density at radius 2 is 2.05 bits per heavy atom. The Bertz CT molecular complexity index is 1610. The molecule has 0 radical (unpaired) electrons. The molecule has 2 N–H and O–H groups in total. The van der Waals surface area contributed by atoms with Crippen LogP contribution in [-0.4, -0.2) is 39.6 Å². The van der Waals surface area contributed by atoms with Gasteiger partial charge in [-0.25, -0.2) is 4.68 Å². The number of pyridine rings is 1. The van der Waals surface area contributed by atoms with E-state index in [0.29, 0.717) is 34.4 Å². The van der Waals surface area contributed by atoms with Crippen molar-refractivity contribution in [3.05, 3.63) is 64.7 Å². The second-order valence-electron chi connectivity index (χ2n) is 9.02. The van der Waals surface area contributed by atoms with E-state index < -0.39 is 30.7 Å². The van der Waals surface area contributed by atoms with E-state index in [-0.39, 0.29) is 11.6 Å². The third-order valence-corrected chi connectivity index (χ3v) is 6.32. The van der Waals surface area contributed by atoms with E-state index in [0.717, 1.165) is 29.2 Å². The maximum atomic E-state index is 13.2. The first-order valence-electron chi connectivity index (χ1n) is 12.0. The molecule has 2 aromatic carbocycles. The monoisotopic (exact) mass is 524 g/mol. The van der Waals surface area contributed by atoms with Crippen molar-refractivity contribution >= 4 is 39.0 Å². The van der Waals surface area contributed by atoms with Gasteiger partial charge in [-0.05, 0) is 48.9 Å². The van der Waals surface area contributed by atoms with Gasteiger partial charge in [0, 0.05) is 23.9 Å². The second kappa shape index (κ2) is 10.2. The van der Waals surface area contributed by atoms with Crippen molar-refractivity contribution in [3.8, 4) is 6.07 Å². The molecule has 38 heavy (non-hydrogen) atoms. The molecule has 1 fully saturated rings. The van der Waals surface area contributed by atoms with E-state index in [1.807, 2.05) is 6.07 Å². The standard InChI is InChI=1S/C26H23F3N6O3/c27-26(28,29)15-31-21(36)14-34-8-7-16-4-3-5-20(23(16)25(34)37)33-19-10-17(12-30)24-18(11-19)13-32-35(24)22-6-1-2-9-38-22/h3-5,7-8,10-11,13,22,33H,1-2,6,9,14-15H2,(H,31,36). The minimum atomic E-state index is -4.55. The number of benzene rings is 2. The lowest BCUT2D eigenvalue weighted by Gasteiger charge is -2.23. The number of anilines is 2. The Morgan fingerprint density at radius 3 is 2.79 bits per heavy atom. The molecule has 1 saturated heterocycles. The molecular weight excluding hydrogens is 501 g/mol. The molecule has 0 spiro atoms. The van der Waals surface area contributed by atoms with Gasteiger partial charge >= 0.3 is 6.18 Å². The van der Waals surface area contributed by atoms with Crippen LogP contribution < -0.4 is 16.2 Å². The number of amides is 1. The first-order chi connectivity index (χ1) is 18.2. The van der Waals surface area contributed by atoms with Crippen LogP contribution in [0, 0.1) is 11.3 Å². The highest BCUT2D eigenvalue weighted by Gasteiger charge is 2.27. The number of carbonyl (C=O) groups is 1. The molecule has 196 valence electrons. The summed E-state index contributed by atoms with van der Waals surface area (Å²) in [6, 6.07) is 12.4. The van der Waals surface area contributed by atoms with Crippen LogP contribution in [0.4, 0.5) is 24.5 Å². The number of aromatic nitrogens is 3. The molecule has 1 unspecified atom stereocenters. The van der Waals surface area contributed by atoms with Gasteiger partial charge in [-0.3, -0.25) is 9.59 Å². The number of nitriles is 1. The third kappa shape index (κ3) is 5.19. The Morgan fingerprint density at radius 1 is 1.21 bits per heavy atom. The first kappa shape index (κ1) is 25.3. The van der Waals surface area contributed by atoms with Gasteiger partial charge in [-0.2, -0.15) is 23.5 Å². The highest BCUT2D eigenvalue weighted by atomic mass is 19.4. The third-order valence-electron chi connectivity index (χ3n) is 6.32. The quantitative estimate of drug-likeness (QED) is 0.388. The summed E-state index contributed by atoms with van der Waals surface area (Å²) in [6.07, 6.45) is 1.04. The van der Waals surface area contributed by atoms with Crippen LogP contribution >= 0.6 is 0 Å². The molecule has 9 nitrogen and oxygen atoms in total. The fraction of sp³-hybridized carbons (Fsp3) is 0.308. The minimum absolute atomic E-state index is 0.239. The second-order valence-corrected chi connectivity index (χ2v) is 9.02. The normalized spacial score (nSPS) is 15.9. The van der Waals surface area contributed by atoms with Gasteiger partial charge in [0.2, 0.25) is 5.91 Å². The predicted molar refractivity (Wildman–Crippen MR) is 134 cm³/mol. The SMILES string of the molecule is N#Cc1cc(Nc2cccc3ccn(CC(=O)NCC(F)(F)F)c(=O)c23)cc2cnn(C3CCCCO3)c12. The molecule has 4 aromatic rings. The van der Waals surface area contributed by atoms with Gasteiger partial charge in [-0.15, -0.1) is 0 Å². The number of nitrogens with zero attached hydrogens (tertiary/aromatic N) is 4. The van der Waals surface area contributed by atoms with Crippen molar-refractivity contribution in [2.45, 2.75) is 38.2 Å². The van der Waals surface area contributed by atoms with Crippen LogP contribution in [0.3, 0.4) is 0 Å². The van der Waals surface area contributed by atoms with Gasteiger partial charge in [0.1, 0.15) is 19.2 Å². The number of hydrogen-bond donors (Lipinski definition) is 2. The molecule has 0 saturated carbocycles. The van der Waals surface area contributed by atoms with E-state index in [9.17, 15) is 28.0 Å². The van der Waals surface area contributed by atoms with E-state index in [1.165, 1.54) is 6.20 Å². The van der Waals surface area contributed by atoms with Crippen LogP contribution in [0.25, 0.3) is 21.7 Å². The number of alkyl halides is 3. The molecule has 3 heterocycles. The molecule has 1 aliphatic rings.